The zero-order valence-corrected chi connectivity index (χ0v) is 12.4. The van der Waals surface area contributed by atoms with E-state index in [1.54, 1.807) is 7.11 Å². The Kier molecular flexibility index (Phi) is 3.03. The summed E-state index contributed by atoms with van der Waals surface area (Å²) in [7, 11) is 1.62. The molecule has 4 rings (SSSR count). The second-order valence-electron chi connectivity index (χ2n) is 5.63. The summed E-state index contributed by atoms with van der Waals surface area (Å²) in [5.41, 5.74) is 3.24. The summed E-state index contributed by atoms with van der Waals surface area (Å²) in [5.74, 6) is 1.59. The van der Waals surface area contributed by atoms with Gasteiger partial charge in [0.15, 0.2) is 0 Å². The molecule has 0 radical (unpaired) electrons. The van der Waals surface area contributed by atoms with Gasteiger partial charge in [0.05, 0.1) is 25.3 Å². The number of nitrogens with zero attached hydrogens (tertiary/aromatic N) is 1. The summed E-state index contributed by atoms with van der Waals surface area (Å²) in [4.78, 5) is 14.8. The fourth-order valence-electron chi connectivity index (χ4n) is 3.22. The third-order valence-corrected chi connectivity index (χ3v) is 4.45. The summed E-state index contributed by atoms with van der Waals surface area (Å²) in [6.07, 6.45) is 0.825. The van der Waals surface area contributed by atoms with Crippen molar-refractivity contribution in [1.29, 1.82) is 0 Å². The number of anilines is 1. The largest absolute Gasteiger partial charge is 0.497 e. The molecule has 0 bridgehead atoms. The monoisotopic (exact) mass is 295 g/mol. The lowest BCUT2D eigenvalue weighted by atomic mass is 9.76. The molecule has 112 valence electrons. The molecule has 4 nitrogen and oxygen atoms in total. The number of hydrogen-bond acceptors (Lipinski definition) is 3. The first-order valence-electron chi connectivity index (χ1n) is 7.48. The quantitative estimate of drug-likeness (QED) is 0.855. The molecule has 1 aliphatic heterocycles. The van der Waals surface area contributed by atoms with Gasteiger partial charge in [-0.15, -0.1) is 0 Å². The molecule has 1 amide bonds. The van der Waals surface area contributed by atoms with E-state index < -0.39 is 0 Å². The molecule has 22 heavy (non-hydrogen) atoms. The average Bonchev–Trinajstić information content (AvgIpc) is 2.54. The van der Waals surface area contributed by atoms with Gasteiger partial charge < -0.3 is 14.4 Å². The predicted octanol–water partition coefficient (Wildman–Crippen LogP) is 2.76. The minimum absolute atomic E-state index is 0.0339. The highest BCUT2D eigenvalue weighted by Crippen LogP contribution is 2.40. The Morgan fingerprint density at radius 3 is 2.95 bits per heavy atom. The van der Waals surface area contributed by atoms with Crippen LogP contribution < -0.4 is 14.4 Å². The first-order valence-corrected chi connectivity index (χ1v) is 7.48. The number of fused-ring (bicyclic) bond motifs is 2. The highest BCUT2D eigenvalue weighted by atomic mass is 16.5. The Balaban J connectivity index is 1.66. The smallest absolute Gasteiger partial charge is 0.235 e. The van der Waals surface area contributed by atoms with Crippen molar-refractivity contribution < 1.29 is 14.3 Å². The van der Waals surface area contributed by atoms with Crippen molar-refractivity contribution in [3.63, 3.8) is 0 Å². The lowest BCUT2D eigenvalue weighted by Gasteiger charge is -2.36. The van der Waals surface area contributed by atoms with Crippen LogP contribution in [-0.2, 0) is 11.2 Å². The molecule has 1 atom stereocenters. The summed E-state index contributed by atoms with van der Waals surface area (Å²) >= 11 is 0. The third-order valence-electron chi connectivity index (χ3n) is 4.45. The van der Waals surface area contributed by atoms with Crippen LogP contribution in [0.4, 0.5) is 5.69 Å². The Bertz CT molecular complexity index is 741. The molecule has 0 spiro atoms. The van der Waals surface area contributed by atoms with E-state index in [-0.39, 0.29) is 11.8 Å². The Hall–Kier alpha value is -2.49. The van der Waals surface area contributed by atoms with E-state index in [4.69, 9.17) is 9.47 Å². The number of rotatable bonds is 2. The molecule has 2 aromatic rings. The van der Waals surface area contributed by atoms with Gasteiger partial charge in [-0.3, -0.25) is 4.79 Å². The van der Waals surface area contributed by atoms with E-state index in [1.165, 1.54) is 5.56 Å². The van der Waals surface area contributed by atoms with Crippen molar-refractivity contribution >= 4 is 11.6 Å². The van der Waals surface area contributed by atoms with Gasteiger partial charge in [-0.25, -0.2) is 0 Å². The van der Waals surface area contributed by atoms with Crippen molar-refractivity contribution in [3.05, 3.63) is 53.6 Å². The van der Waals surface area contributed by atoms with Crippen molar-refractivity contribution in [2.75, 3.05) is 25.2 Å². The molecule has 1 aliphatic carbocycles. The molecule has 1 heterocycles. The number of amides is 1. The van der Waals surface area contributed by atoms with Crippen LogP contribution in [0.15, 0.2) is 42.5 Å². The second kappa shape index (κ2) is 5.05. The maximum atomic E-state index is 12.9. The Labute approximate surface area is 129 Å². The predicted molar refractivity (Wildman–Crippen MR) is 83.7 cm³/mol. The molecule has 0 saturated heterocycles. The van der Waals surface area contributed by atoms with E-state index in [0.717, 1.165) is 29.2 Å². The van der Waals surface area contributed by atoms with Gasteiger partial charge in [0.25, 0.3) is 0 Å². The number of ether oxygens (including phenoxy) is 2. The molecule has 0 fully saturated rings. The normalized spacial score (nSPS) is 18.6. The van der Waals surface area contributed by atoms with E-state index in [2.05, 4.69) is 6.07 Å². The number of carbonyl (C=O) groups is 1. The van der Waals surface area contributed by atoms with E-state index in [1.807, 2.05) is 41.3 Å². The molecule has 4 heteroatoms. The lowest BCUT2D eigenvalue weighted by molar-refractivity contribution is -0.120. The van der Waals surface area contributed by atoms with E-state index in [0.29, 0.717) is 13.2 Å². The number of carbonyl (C=O) groups excluding carboxylic acids is 1. The lowest BCUT2D eigenvalue weighted by Crippen LogP contribution is -2.43. The number of hydrogen-bond donors (Lipinski definition) is 0. The summed E-state index contributed by atoms with van der Waals surface area (Å²) in [5, 5.41) is 0. The molecule has 2 aromatic carbocycles. The SMILES string of the molecule is COc1ccc2c(c1)N(C(=O)[C@H]1Cc3ccccc31)CCO2. The topological polar surface area (TPSA) is 38.8 Å². The molecule has 0 saturated carbocycles. The Morgan fingerprint density at radius 2 is 2.14 bits per heavy atom. The Morgan fingerprint density at radius 1 is 1.27 bits per heavy atom. The number of benzene rings is 2. The maximum Gasteiger partial charge on any atom is 0.235 e. The van der Waals surface area contributed by atoms with Crippen LogP contribution in [0.3, 0.4) is 0 Å². The molecule has 0 N–H and O–H groups in total. The first-order chi connectivity index (χ1) is 10.8. The standard InChI is InChI=1S/C18H17NO3/c1-21-13-6-7-17-16(11-13)19(8-9-22-17)18(20)15-10-12-4-2-3-5-14(12)15/h2-7,11,15H,8-10H2,1H3/t15-/m0/s1. The van der Waals surface area contributed by atoms with Crippen LogP contribution in [-0.4, -0.2) is 26.2 Å². The third kappa shape index (κ3) is 1.95. The molecular formula is C18H17NO3. The highest BCUT2D eigenvalue weighted by molar-refractivity contribution is 6.01. The van der Waals surface area contributed by atoms with Gasteiger partial charge in [-0.1, -0.05) is 24.3 Å². The van der Waals surface area contributed by atoms with Crippen LogP contribution in [0.25, 0.3) is 0 Å². The minimum Gasteiger partial charge on any atom is -0.497 e. The van der Waals surface area contributed by atoms with Crippen molar-refractivity contribution in [3.8, 4) is 11.5 Å². The van der Waals surface area contributed by atoms with Crippen LogP contribution >= 0.6 is 0 Å². The van der Waals surface area contributed by atoms with Gasteiger partial charge in [0.1, 0.15) is 18.1 Å². The molecule has 2 aliphatic rings. The fraction of sp³-hybridized carbons (Fsp3) is 0.278. The maximum absolute atomic E-state index is 12.9. The van der Waals surface area contributed by atoms with Crippen molar-refractivity contribution in [2.24, 2.45) is 0 Å². The van der Waals surface area contributed by atoms with Gasteiger partial charge in [0.2, 0.25) is 5.91 Å². The van der Waals surface area contributed by atoms with Crippen LogP contribution in [0, 0.1) is 0 Å². The van der Waals surface area contributed by atoms with Crippen LogP contribution in [0.1, 0.15) is 17.0 Å². The zero-order valence-electron chi connectivity index (χ0n) is 12.4. The van der Waals surface area contributed by atoms with Gasteiger partial charge in [-0.2, -0.15) is 0 Å². The second-order valence-corrected chi connectivity index (χ2v) is 5.63. The van der Waals surface area contributed by atoms with E-state index in [9.17, 15) is 4.79 Å². The van der Waals surface area contributed by atoms with Gasteiger partial charge >= 0.3 is 0 Å². The van der Waals surface area contributed by atoms with Gasteiger partial charge in [-0.05, 0) is 29.7 Å². The summed E-state index contributed by atoms with van der Waals surface area (Å²) < 4.78 is 10.9. The molecule has 0 unspecified atom stereocenters. The molecular weight excluding hydrogens is 278 g/mol. The highest BCUT2D eigenvalue weighted by Gasteiger charge is 2.37. The zero-order chi connectivity index (χ0) is 15.1. The average molecular weight is 295 g/mol. The number of methoxy groups -OCH3 is 1. The summed E-state index contributed by atoms with van der Waals surface area (Å²) in [6.45, 7) is 1.11. The first kappa shape index (κ1) is 13.2. The summed E-state index contributed by atoms with van der Waals surface area (Å²) in [6, 6.07) is 13.7. The van der Waals surface area contributed by atoms with E-state index >= 15 is 0 Å². The van der Waals surface area contributed by atoms with Crippen LogP contribution in [0.5, 0.6) is 11.5 Å². The molecule has 0 aromatic heterocycles. The minimum atomic E-state index is -0.0339. The fourth-order valence-corrected chi connectivity index (χ4v) is 3.22. The van der Waals surface area contributed by atoms with Gasteiger partial charge in [0, 0.05) is 6.07 Å². The van der Waals surface area contributed by atoms with Crippen molar-refractivity contribution in [2.45, 2.75) is 12.3 Å². The van der Waals surface area contributed by atoms with Crippen molar-refractivity contribution in [1.82, 2.24) is 0 Å². The van der Waals surface area contributed by atoms with Crippen LogP contribution in [0.2, 0.25) is 0 Å².